The van der Waals surface area contributed by atoms with Crippen molar-refractivity contribution in [3.05, 3.63) is 35.6 Å². The molecule has 1 saturated carbocycles. The lowest BCUT2D eigenvalue weighted by molar-refractivity contribution is 0.524. The molecule has 1 aliphatic carbocycles. The summed E-state index contributed by atoms with van der Waals surface area (Å²) in [7, 11) is 0. The minimum Gasteiger partial charge on any atom is -0.308 e. The molecule has 1 heterocycles. The summed E-state index contributed by atoms with van der Waals surface area (Å²) in [4.78, 5) is 0. The summed E-state index contributed by atoms with van der Waals surface area (Å²) in [5, 5.41) is 3.69. The Balaban J connectivity index is 1.66. The molecule has 0 amide bonds. The number of nitrogens with one attached hydrogen (secondary N) is 1. The number of benzene rings is 1. The van der Waals surface area contributed by atoms with E-state index in [4.69, 9.17) is 0 Å². The highest BCUT2D eigenvalue weighted by molar-refractivity contribution is 5.19. The van der Waals surface area contributed by atoms with Crippen molar-refractivity contribution in [3.8, 4) is 0 Å². The molecule has 2 aliphatic rings. The fourth-order valence-electron chi connectivity index (χ4n) is 2.67. The Bertz CT molecular complexity index is 371. The van der Waals surface area contributed by atoms with E-state index in [1.807, 2.05) is 6.07 Å². The van der Waals surface area contributed by atoms with Crippen molar-refractivity contribution < 1.29 is 4.39 Å². The monoisotopic (exact) mass is 205 g/mol. The fourth-order valence-corrected chi connectivity index (χ4v) is 2.67. The summed E-state index contributed by atoms with van der Waals surface area (Å²) in [6.07, 6.45) is 6.21. The topological polar surface area (TPSA) is 12.0 Å². The fraction of sp³-hybridized carbons (Fsp3) is 0.538. The van der Waals surface area contributed by atoms with E-state index in [0.29, 0.717) is 11.6 Å². The van der Waals surface area contributed by atoms with Crippen molar-refractivity contribution >= 4 is 0 Å². The van der Waals surface area contributed by atoms with Crippen LogP contribution in [0, 0.1) is 5.82 Å². The van der Waals surface area contributed by atoms with Crippen LogP contribution in [0.4, 0.5) is 4.39 Å². The third-order valence-electron chi connectivity index (χ3n) is 3.71. The molecule has 1 spiro atoms. The maximum Gasteiger partial charge on any atom is 0.123 e. The van der Waals surface area contributed by atoms with Crippen LogP contribution in [0.2, 0.25) is 0 Å². The van der Waals surface area contributed by atoms with Crippen molar-refractivity contribution in [2.45, 2.75) is 43.7 Å². The first-order valence-electron chi connectivity index (χ1n) is 5.78. The molecule has 1 N–H and O–H groups in total. The molecule has 1 saturated heterocycles. The van der Waals surface area contributed by atoms with Gasteiger partial charge in [-0.3, -0.25) is 0 Å². The highest BCUT2D eigenvalue weighted by Gasteiger charge is 2.47. The lowest BCUT2D eigenvalue weighted by Crippen LogP contribution is -2.32. The van der Waals surface area contributed by atoms with Gasteiger partial charge in [0.2, 0.25) is 0 Å². The largest absolute Gasteiger partial charge is 0.308 e. The molecule has 0 unspecified atom stereocenters. The van der Waals surface area contributed by atoms with Crippen molar-refractivity contribution in [1.82, 2.24) is 5.32 Å². The quantitative estimate of drug-likeness (QED) is 0.782. The Morgan fingerprint density at radius 2 is 2.20 bits per heavy atom. The zero-order chi connectivity index (χ0) is 10.3. The average Bonchev–Trinajstić information content (AvgIpc) is 2.83. The first-order valence-corrected chi connectivity index (χ1v) is 5.78. The summed E-state index contributed by atoms with van der Waals surface area (Å²) in [5.74, 6) is -0.119. The zero-order valence-electron chi connectivity index (χ0n) is 8.80. The first-order chi connectivity index (χ1) is 7.26. The molecule has 1 atom stereocenters. The van der Waals surface area contributed by atoms with Gasteiger partial charge in [-0.2, -0.15) is 0 Å². The molecule has 3 rings (SSSR count). The Morgan fingerprint density at radius 1 is 1.33 bits per heavy atom. The number of hydrogen-bond donors (Lipinski definition) is 1. The van der Waals surface area contributed by atoms with Crippen LogP contribution in [0.25, 0.3) is 0 Å². The van der Waals surface area contributed by atoms with Crippen LogP contribution >= 0.6 is 0 Å². The minimum absolute atomic E-state index is 0.119. The van der Waals surface area contributed by atoms with Crippen LogP contribution in [0.3, 0.4) is 0 Å². The van der Waals surface area contributed by atoms with Gasteiger partial charge in [0.05, 0.1) is 0 Å². The van der Waals surface area contributed by atoms with E-state index in [0.717, 1.165) is 12.0 Å². The second kappa shape index (κ2) is 3.31. The Hall–Kier alpha value is -0.890. The van der Waals surface area contributed by atoms with Crippen LogP contribution in [0.1, 0.15) is 31.2 Å². The summed E-state index contributed by atoms with van der Waals surface area (Å²) >= 11 is 0. The molecule has 15 heavy (non-hydrogen) atoms. The molecule has 1 aliphatic heterocycles. The molecule has 2 heteroatoms. The molecule has 2 fully saturated rings. The number of halogens is 1. The molecule has 1 aromatic carbocycles. The standard InChI is InChI=1S/C13H16FN/c14-11-3-1-2-10(8-11)9-12-4-5-13(15-12)6-7-13/h1-3,8,12,15H,4-7,9H2/t12-/m1/s1. The van der Waals surface area contributed by atoms with E-state index in [1.165, 1.54) is 31.7 Å². The highest BCUT2D eigenvalue weighted by atomic mass is 19.1. The summed E-state index contributed by atoms with van der Waals surface area (Å²) in [6.45, 7) is 0. The molecular weight excluding hydrogens is 189 g/mol. The molecule has 80 valence electrons. The van der Waals surface area contributed by atoms with Gasteiger partial charge in [0.1, 0.15) is 5.82 Å². The summed E-state index contributed by atoms with van der Waals surface area (Å²) < 4.78 is 13.0. The molecule has 0 bridgehead atoms. The van der Waals surface area contributed by atoms with Gasteiger partial charge >= 0.3 is 0 Å². The average molecular weight is 205 g/mol. The van der Waals surface area contributed by atoms with Gasteiger partial charge in [-0.15, -0.1) is 0 Å². The zero-order valence-corrected chi connectivity index (χ0v) is 8.80. The van der Waals surface area contributed by atoms with E-state index >= 15 is 0 Å². The van der Waals surface area contributed by atoms with E-state index in [-0.39, 0.29) is 5.82 Å². The summed E-state index contributed by atoms with van der Waals surface area (Å²) in [5.41, 5.74) is 1.61. The Kier molecular flexibility index (Phi) is 2.06. The molecular formula is C13H16FN. The van der Waals surface area contributed by atoms with Crippen molar-refractivity contribution in [3.63, 3.8) is 0 Å². The van der Waals surface area contributed by atoms with Gasteiger partial charge in [0.15, 0.2) is 0 Å². The van der Waals surface area contributed by atoms with Crippen LogP contribution in [-0.2, 0) is 6.42 Å². The molecule has 0 aromatic heterocycles. The second-order valence-electron chi connectivity index (χ2n) is 4.99. The Morgan fingerprint density at radius 3 is 2.87 bits per heavy atom. The normalized spacial score (nSPS) is 27.1. The summed E-state index contributed by atoms with van der Waals surface area (Å²) in [6, 6.07) is 7.54. The van der Waals surface area contributed by atoms with Crippen molar-refractivity contribution in [2.75, 3.05) is 0 Å². The van der Waals surface area contributed by atoms with Crippen LogP contribution in [-0.4, -0.2) is 11.6 Å². The maximum atomic E-state index is 13.0. The van der Waals surface area contributed by atoms with Gasteiger partial charge in [-0.25, -0.2) is 4.39 Å². The van der Waals surface area contributed by atoms with Crippen LogP contribution < -0.4 is 5.32 Å². The Labute approximate surface area is 89.7 Å². The van der Waals surface area contributed by atoms with Gasteiger partial charge in [0, 0.05) is 11.6 Å². The van der Waals surface area contributed by atoms with E-state index < -0.39 is 0 Å². The number of hydrogen-bond acceptors (Lipinski definition) is 1. The predicted octanol–water partition coefficient (Wildman–Crippen LogP) is 2.65. The molecule has 1 nitrogen and oxygen atoms in total. The molecule has 1 aromatic rings. The van der Waals surface area contributed by atoms with E-state index in [1.54, 1.807) is 12.1 Å². The van der Waals surface area contributed by atoms with Crippen molar-refractivity contribution in [1.29, 1.82) is 0 Å². The first kappa shape index (κ1) is 9.34. The second-order valence-corrected chi connectivity index (χ2v) is 4.99. The predicted molar refractivity (Wildman–Crippen MR) is 58.2 cm³/mol. The van der Waals surface area contributed by atoms with Gasteiger partial charge in [-0.05, 0) is 49.8 Å². The van der Waals surface area contributed by atoms with Crippen molar-refractivity contribution in [2.24, 2.45) is 0 Å². The van der Waals surface area contributed by atoms with Gasteiger partial charge < -0.3 is 5.32 Å². The SMILES string of the molecule is Fc1cccc(C[C@H]2CCC3(CC3)N2)c1. The third-order valence-corrected chi connectivity index (χ3v) is 3.71. The minimum atomic E-state index is -0.119. The van der Waals surface area contributed by atoms with E-state index in [9.17, 15) is 4.39 Å². The third kappa shape index (κ3) is 1.91. The van der Waals surface area contributed by atoms with E-state index in [2.05, 4.69) is 5.32 Å². The van der Waals surface area contributed by atoms with Crippen LogP contribution in [0.5, 0.6) is 0 Å². The lowest BCUT2D eigenvalue weighted by Gasteiger charge is -2.12. The van der Waals surface area contributed by atoms with Crippen LogP contribution in [0.15, 0.2) is 24.3 Å². The maximum absolute atomic E-state index is 13.0. The van der Waals surface area contributed by atoms with Gasteiger partial charge in [-0.1, -0.05) is 12.1 Å². The van der Waals surface area contributed by atoms with Gasteiger partial charge in [0.25, 0.3) is 0 Å². The molecule has 0 radical (unpaired) electrons. The lowest BCUT2D eigenvalue weighted by atomic mass is 10.0. The smallest absolute Gasteiger partial charge is 0.123 e. The highest BCUT2D eigenvalue weighted by Crippen LogP contribution is 2.44. The number of rotatable bonds is 2.